The molecule has 1 aliphatic carbocycles. The number of benzene rings is 2. The number of phenolic OH excluding ortho intramolecular Hbond substituents is 2. The van der Waals surface area contributed by atoms with Gasteiger partial charge >= 0.3 is 0 Å². The molecule has 0 aromatic heterocycles. The summed E-state index contributed by atoms with van der Waals surface area (Å²) in [5.74, 6) is 3.38. The first kappa shape index (κ1) is 18.8. The molecule has 140 valence electrons. The average Bonchev–Trinajstić information content (AvgIpc) is 2.64. The zero-order valence-corrected chi connectivity index (χ0v) is 16.1. The van der Waals surface area contributed by atoms with E-state index in [4.69, 9.17) is 0 Å². The topological polar surface area (TPSA) is 40.5 Å². The molecule has 1 aliphatic rings. The fourth-order valence-corrected chi connectivity index (χ4v) is 4.51. The number of phenols is 2. The minimum Gasteiger partial charge on any atom is -0.508 e. The van der Waals surface area contributed by atoms with Crippen molar-refractivity contribution in [3.05, 3.63) is 59.7 Å². The molecule has 2 aromatic rings. The summed E-state index contributed by atoms with van der Waals surface area (Å²) >= 11 is 0. The van der Waals surface area contributed by atoms with E-state index in [1.54, 1.807) is 0 Å². The molecule has 2 aromatic carbocycles. The molecule has 1 atom stereocenters. The smallest absolute Gasteiger partial charge is 0.115 e. The van der Waals surface area contributed by atoms with Gasteiger partial charge in [-0.25, -0.2) is 0 Å². The molecule has 0 radical (unpaired) electrons. The van der Waals surface area contributed by atoms with Crippen molar-refractivity contribution in [2.45, 2.75) is 64.2 Å². The molecule has 0 bridgehead atoms. The third-order valence-corrected chi connectivity index (χ3v) is 6.08. The largest absolute Gasteiger partial charge is 0.508 e. The van der Waals surface area contributed by atoms with Crippen molar-refractivity contribution in [1.82, 2.24) is 0 Å². The van der Waals surface area contributed by atoms with Crippen LogP contribution in [0.3, 0.4) is 0 Å². The van der Waals surface area contributed by atoms with Crippen molar-refractivity contribution in [3.8, 4) is 11.5 Å². The highest BCUT2D eigenvalue weighted by Crippen LogP contribution is 2.44. The minimum atomic E-state index is 0.350. The van der Waals surface area contributed by atoms with E-state index in [0.29, 0.717) is 23.3 Å². The number of aromatic hydroxyl groups is 2. The van der Waals surface area contributed by atoms with Crippen molar-refractivity contribution in [3.63, 3.8) is 0 Å². The fourth-order valence-electron chi connectivity index (χ4n) is 4.51. The van der Waals surface area contributed by atoms with Gasteiger partial charge in [0.05, 0.1) is 0 Å². The lowest BCUT2D eigenvalue weighted by atomic mass is 9.70. The van der Waals surface area contributed by atoms with Crippen LogP contribution in [0, 0.1) is 11.8 Å². The summed E-state index contributed by atoms with van der Waals surface area (Å²) in [6.45, 7) is 4.60. The van der Waals surface area contributed by atoms with Crippen molar-refractivity contribution in [2.75, 3.05) is 0 Å². The highest BCUT2D eigenvalue weighted by atomic mass is 16.3. The van der Waals surface area contributed by atoms with Crippen molar-refractivity contribution >= 4 is 0 Å². The predicted octanol–water partition coefficient (Wildman–Crippen LogP) is 6.59. The summed E-state index contributed by atoms with van der Waals surface area (Å²) < 4.78 is 0. The molecule has 2 nitrogen and oxygen atoms in total. The molecule has 0 spiro atoms. The van der Waals surface area contributed by atoms with Crippen LogP contribution in [0.25, 0.3) is 0 Å². The molecule has 1 saturated carbocycles. The van der Waals surface area contributed by atoms with Gasteiger partial charge in [-0.15, -0.1) is 0 Å². The van der Waals surface area contributed by atoms with E-state index in [9.17, 15) is 10.2 Å². The summed E-state index contributed by atoms with van der Waals surface area (Å²) in [5.41, 5.74) is 2.75. The van der Waals surface area contributed by atoms with E-state index < -0.39 is 0 Å². The maximum Gasteiger partial charge on any atom is 0.115 e. The first-order chi connectivity index (χ1) is 12.5. The van der Waals surface area contributed by atoms with Crippen LogP contribution >= 0.6 is 0 Å². The SMILES string of the molecule is CC(C)CCC(c1ccc(O)cc1)C1CCC(c2ccc(O)cc2)CC1. The molecule has 1 unspecified atom stereocenters. The maximum atomic E-state index is 9.63. The Bertz CT molecular complexity index is 664. The summed E-state index contributed by atoms with van der Waals surface area (Å²) in [6.07, 6.45) is 7.46. The van der Waals surface area contributed by atoms with Crippen LogP contribution in [-0.4, -0.2) is 10.2 Å². The minimum absolute atomic E-state index is 0.350. The summed E-state index contributed by atoms with van der Waals surface area (Å²) in [5, 5.41) is 19.1. The molecule has 0 aliphatic heterocycles. The standard InChI is InChI=1S/C24H32O2/c1-17(2)3-16-24(21-10-14-23(26)15-11-21)20-6-4-18(5-7-20)19-8-12-22(25)13-9-19/h8-15,17-18,20,24-26H,3-7,16H2,1-2H3. The highest BCUT2D eigenvalue weighted by Gasteiger charge is 2.29. The van der Waals surface area contributed by atoms with Crippen molar-refractivity contribution in [1.29, 1.82) is 0 Å². The van der Waals surface area contributed by atoms with Crippen molar-refractivity contribution in [2.24, 2.45) is 11.8 Å². The Labute approximate surface area is 157 Å². The van der Waals surface area contributed by atoms with E-state index in [2.05, 4.69) is 38.1 Å². The Morgan fingerprint density at radius 1 is 0.769 bits per heavy atom. The Morgan fingerprint density at radius 2 is 1.31 bits per heavy atom. The number of rotatable bonds is 6. The van der Waals surface area contributed by atoms with Crippen LogP contribution in [0.5, 0.6) is 11.5 Å². The van der Waals surface area contributed by atoms with Crippen LogP contribution in [0.4, 0.5) is 0 Å². The van der Waals surface area contributed by atoms with Crippen LogP contribution < -0.4 is 0 Å². The van der Waals surface area contributed by atoms with E-state index in [1.165, 1.54) is 49.7 Å². The normalized spacial score (nSPS) is 21.7. The quantitative estimate of drug-likeness (QED) is 0.615. The van der Waals surface area contributed by atoms with E-state index >= 15 is 0 Å². The van der Waals surface area contributed by atoms with Gasteiger partial charge in [-0.2, -0.15) is 0 Å². The van der Waals surface area contributed by atoms with E-state index in [0.717, 1.165) is 11.8 Å². The third kappa shape index (κ3) is 4.81. The van der Waals surface area contributed by atoms with Crippen LogP contribution in [-0.2, 0) is 0 Å². The molecule has 0 amide bonds. The van der Waals surface area contributed by atoms with E-state index in [1.807, 2.05) is 24.3 Å². The van der Waals surface area contributed by atoms with Crippen LogP contribution in [0.2, 0.25) is 0 Å². The van der Waals surface area contributed by atoms with Crippen LogP contribution in [0.15, 0.2) is 48.5 Å². The lowest BCUT2D eigenvalue weighted by Gasteiger charge is -2.35. The van der Waals surface area contributed by atoms with Gasteiger partial charge in [0.2, 0.25) is 0 Å². The first-order valence-corrected chi connectivity index (χ1v) is 10.1. The second kappa shape index (κ2) is 8.62. The monoisotopic (exact) mass is 352 g/mol. The number of hydrogen-bond acceptors (Lipinski definition) is 2. The second-order valence-corrected chi connectivity index (χ2v) is 8.37. The molecule has 3 rings (SSSR count). The van der Waals surface area contributed by atoms with Gasteiger partial charge < -0.3 is 10.2 Å². The zero-order chi connectivity index (χ0) is 18.5. The van der Waals surface area contributed by atoms with Gasteiger partial charge in [0.15, 0.2) is 0 Å². The average molecular weight is 353 g/mol. The lowest BCUT2D eigenvalue weighted by molar-refractivity contribution is 0.264. The zero-order valence-electron chi connectivity index (χ0n) is 16.1. The molecule has 1 fully saturated rings. The highest BCUT2D eigenvalue weighted by molar-refractivity contribution is 5.30. The summed E-state index contributed by atoms with van der Waals surface area (Å²) in [4.78, 5) is 0. The van der Waals surface area contributed by atoms with Gasteiger partial charge in [-0.1, -0.05) is 44.5 Å². The summed E-state index contributed by atoms with van der Waals surface area (Å²) in [7, 11) is 0. The number of hydrogen-bond donors (Lipinski definition) is 2. The maximum absolute atomic E-state index is 9.63. The van der Waals surface area contributed by atoms with Crippen LogP contribution in [0.1, 0.15) is 75.3 Å². The first-order valence-electron chi connectivity index (χ1n) is 10.1. The van der Waals surface area contributed by atoms with Gasteiger partial charge in [-0.05, 0) is 91.2 Å². The Hall–Kier alpha value is -1.96. The molecule has 26 heavy (non-hydrogen) atoms. The summed E-state index contributed by atoms with van der Waals surface area (Å²) in [6, 6.07) is 15.7. The lowest BCUT2D eigenvalue weighted by Crippen LogP contribution is -2.20. The van der Waals surface area contributed by atoms with E-state index in [-0.39, 0.29) is 0 Å². The molecule has 0 heterocycles. The molecule has 0 saturated heterocycles. The molecular formula is C24H32O2. The van der Waals surface area contributed by atoms with Gasteiger partial charge in [-0.3, -0.25) is 0 Å². The molecule has 2 N–H and O–H groups in total. The Morgan fingerprint density at radius 3 is 1.85 bits per heavy atom. The Balaban J connectivity index is 1.68. The van der Waals surface area contributed by atoms with Crippen molar-refractivity contribution < 1.29 is 10.2 Å². The third-order valence-electron chi connectivity index (χ3n) is 6.08. The Kier molecular flexibility index (Phi) is 6.24. The van der Waals surface area contributed by atoms with Gasteiger partial charge in [0.1, 0.15) is 11.5 Å². The molecular weight excluding hydrogens is 320 g/mol. The fraction of sp³-hybridized carbons (Fsp3) is 0.500. The second-order valence-electron chi connectivity index (χ2n) is 8.37. The predicted molar refractivity (Wildman–Crippen MR) is 108 cm³/mol. The molecule has 2 heteroatoms. The van der Waals surface area contributed by atoms with Gasteiger partial charge in [0, 0.05) is 0 Å². The van der Waals surface area contributed by atoms with Gasteiger partial charge in [0.25, 0.3) is 0 Å².